The number of carbonyl (C=O) groups is 1. The van der Waals surface area contributed by atoms with E-state index in [0.717, 1.165) is 24.7 Å². The van der Waals surface area contributed by atoms with Gasteiger partial charge in [-0.1, -0.05) is 6.42 Å². The summed E-state index contributed by atoms with van der Waals surface area (Å²) in [6, 6.07) is 0.954. The van der Waals surface area contributed by atoms with Crippen LogP contribution in [-0.4, -0.2) is 30.3 Å². The first-order valence-electron chi connectivity index (χ1n) is 4.50. The zero-order valence-corrected chi connectivity index (χ0v) is 6.99. The van der Waals surface area contributed by atoms with Gasteiger partial charge in [0.25, 0.3) is 0 Å². The SMILES string of the molecule is CN1C(C=O)CC2CCCC21. The van der Waals surface area contributed by atoms with Gasteiger partial charge < -0.3 is 4.79 Å². The van der Waals surface area contributed by atoms with Crippen LogP contribution < -0.4 is 0 Å². The van der Waals surface area contributed by atoms with Crippen LogP contribution in [-0.2, 0) is 4.79 Å². The van der Waals surface area contributed by atoms with Crippen molar-refractivity contribution in [2.24, 2.45) is 5.92 Å². The van der Waals surface area contributed by atoms with E-state index in [1.54, 1.807) is 0 Å². The topological polar surface area (TPSA) is 20.3 Å². The van der Waals surface area contributed by atoms with Gasteiger partial charge in [-0.25, -0.2) is 0 Å². The van der Waals surface area contributed by atoms with E-state index < -0.39 is 0 Å². The van der Waals surface area contributed by atoms with Gasteiger partial charge in [-0.15, -0.1) is 0 Å². The maximum Gasteiger partial charge on any atom is 0.137 e. The number of rotatable bonds is 1. The molecule has 3 atom stereocenters. The smallest absolute Gasteiger partial charge is 0.137 e. The quantitative estimate of drug-likeness (QED) is 0.525. The van der Waals surface area contributed by atoms with Crippen molar-refractivity contribution in [2.75, 3.05) is 7.05 Å². The Hall–Kier alpha value is -0.370. The third kappa shape index (κ3) is 1.00. The number of hydrogen-bond donors (Lipinski definition) is 0. The van der Waals surface area contributed by atoms with Crippen molar-refractivity contribution in [1.29, 1.82) is 0 Å². The molecule has 62 valence electrons. The van der Waals surface area contributed by atoms with Crippen molar-refractivity contribution in [3.8, 4) is 0 Å². The van der Waals surface area contributed by atoms with E-state index in [4.69, 9.17) is 0 Å². The lowest BCUT2D eigenvalue weighted by atomic mass is 10.0. The molecule has 1 aliphatic carbocycles. The van der Waals surface area contributed by atoms with Crippen LogP contribution in [0.25, 0.3) is 0 Å². The minimum Gasteiger partial charge on any atom is -0.302 e. The molecule has 1 saturated heterocycles. The molecule has 2 heteroatoms. The fraction of sp³-hybridized carbons (Fsp3) is 0.889. The molecule has 11 heavy (non-hydrogen) atoms. The first-order chi connectivity index (χ1) is 5.33. The highest BCUT2D eigenvalue weighted by Crippen LogP contribution is 2.39. The van der Waals surface area contributed by atoms with Crippen molar-refractivity contribution in [2.45, 2.75) is 37.8 Å². The van der Waals surface area contributed by atoms with Gasteiger partial charge in [0.2, 0.25) is 0 Å². The molecule has 0 spiro atoms. The number of aldehydes is 1. The van der Waals surface area contributed by atoms with Crippen molar-refractivity contribution in [3.63, 3.8) is 0 Å². The second-order valence-electron chi connectivity index (χ2n) is 3.86. The highest BCUT2D eigenvalue weighted by molar-refractivity contribution is 5.58. The van der Waals surface area contributed by atoms with Gasteiger partial charge in [0.15, 0.2) is 0 Å². The van der Waals surface area contributed by atoms with Gasteiger partial charge in [-0.2, -0.15) is 0 Å². The lowest BCUT2D eigenvalue weighted by molar-refractivity contribution is -0.111. The molecule has 3 unspecified atom stereocenters. The van der Waals surface area contributed by atoms with E-state index in [1.807, 2.05) is 0 Å². The second-order valence-corrected chi connectivity index (χ2v) is 3.86. The molecule has 2 nitrogen and oxygen atoms in total. The maximum absolute atomic E-state index is 10.6. The third-order valence-electron chi connectivity index (χ3n) is 3.37. The molecule has 0 aromatic rings. The summed E-state index contributed by atoms with van der Waals surface area (Å²) in [6.45, 7) is 0. The summed E-state index contributed by atoms with van der Waals surface area (Å²) < 4.78 is 0. The number of likely N-dealkylation sites (tertiary alicyclic amines) is 1. The number of carbonyl (C=O) groups excluding carboxylic acids is 1. The van der Waals surface area contributed by atoms with Crippen LogP contribution in [0.1, 0.15) is 25.7 Å². The largest absolute Gasteiger partial charge is 0.302 e. The number of likely N-dealkylation sites (N-methyl/N-ethyl adjacent to an activating group) is 1. The van der Waals surface area contributed by atoms with E-state index in [9.17, 15) is 4.79 Å². The molecule has 1 saturated carbocycles. The molecule has 2 aliphatic rings. The average Bonchev–Trinajstić information content (AvgIpc) is 2.53. The molecule has 0 aromatic heterocycles. The van der Waals surface area contributed by atoms with Crippen LogP contribution in [0.3, 0.4) is 0 Å². The Morgan fingerprint density at radius 2 is 2.27 bits per heavy atom. The summed E-state index contributed by atoms with van der Waals surface area (Å²) in [5.74, 6) is 0.829. The molecule has 2 rings (SSSR count). The monoisotopic (exact) mass is 153 g/mol. The van der Waals surface area contributed by atoms with E-state index in [1.165, 1.54) is 19.3 Å². The average molecular weight is 153 g/mol. The molecule has 0 radical (unpaired) electrons. The second kappa shape index (κ2) is 2.59. The van der Waals surface area contributed by atoms with E-state index in [-0.39, 0.29) is 6.04 Å². The van der Waals surface area contributed by atoms with Gasteiger partial charge in [0, 0.05) is 6.04 Å². The van der Waals surface area contributed by atoms with Crippen LogP contribution >= 0.6 is 0 Å². The first-order valence-corrected chi connectivity index (χ1v) is 4.50. The maximum atomic E-state index is 10.6. The number of nitrogens with zero attached hydrogens (tertiary/aromatic N) is 1. The Morgan fingerprint density at radius 3 is 2.91 bits per heavy atom. The Kier molecular flexibility index (Phi) is 1.72. The van der Waals surface area contributed by atoms with Crippen molar-refractivity contribution in [3.05, 3.63) is 0 Å². The molecule has 1 heterocycles. The minimum atomic E-state index is 0.227. The van der Waals surface area contributed by atoms with Crippen LogP contribution in [0.15, 0.2) is 0 Å². The normalized spacial score (nSPS) is 44.3. The van der Waals surface area contributed by atoms with Gasteiger partial charge >= 0.3 is 0 Å². The van der Waals surface area contributed by atoms with E-state index in [2.05, 4.69) is 11.9 Å². The van der Waals surface area contributed by atoms with Crippen LogP contribution in [0.4, 0.5) is 0 Å². The molecular weight excluding hydrogens is 138 g/mol. The van der Waals surface area contributed by atoms with Crippen LogP contribution in [0.5, 0.6) is 0 Å². The molecule has 0 bridgehead atoms. The fourth-order valence-electron chi connectivity index (χ4n) is 2.70. The highest BCUT2D eigenvalue weighted by Gasteiger charge is 2.40. The summed E-state index contributed by atoms with van der Waals surface area (Å²) in [4.78, 5) is 12.9. The van der Waals surface area contributed by atoms with Gasteiger partial charge in [-0.05, 0) is 32.2 Å². The summed E-state index contributed by atoms with van der Waals surface area (Å²) in [5.41, 5.74) is 0. The Morgan fingerprint density at radius 1 is 1.45 bits per heavy atom. The lowest BCUT2D eigenvalue weighted by Crippen LogP contribution is -2.32. The van der Waals surface area contributed by atoms with Crippen LogP contribution in [0.2, 0.25) is 0 Å². The van der Waals surface area contributed by atoms with Gasteiger partial charge in [0.05, 0.1) is 6.04 Å². The number of hydrogen-bond acceptors (Lipinski definition) is 2. The Labute approximate surface area is 67.6 Å². The molecule has 1 aliphatic heterocycles. The molecule has 0 amide bonds. The summed E-state index contributed by atoms with van der Waals surface area (Å²) in [7, 11) is 2.09. The first kappa shape index (κ1) is 7.29. The Balaban J connectivity index is 2.09. The molecule has 0 aromatic carbocycles. The molecule has 2 fully saturated rings. The zero-order chi connectivity index (χ0) is 7.84. The summed E-state index contributed by atoms with van der Waals surface area (Å²) in [5, 5.41) is 0. The molecular formula is C9H15NO. The predicted molar refractivity (Wildman–Crippen MR) is 43.4 cm³/mol. The van der Waals surface area contributed by atoms with E-state index >= 15 is 0 Å². The third-order valence-corrected chi connectivity index (χ3v) is 3.37. The summed E-state index contributed by atoms with van der Waals surface area (Å²) in [6.07, 6.45) is 6.25. The lowest BCUT2D eigenvalue weighted by Gasteiger charge is -2.20. The van der Waals surface area contributed by atoms with Crippen molar-refractivity contribution >= 4 is 6.29 Å². The van der Waals surface area contributed by atoms with Crippen LogP contribution in [0, 0.1) is 5.92 Å². The fourth-order valence-corrected chi connectivity index (χ4v) is 2.70. The zero-order valence-electron chi connectivity index (χ0n) is 6.99. The standard InChI is InChI=1S/C9H15NO/c1-10-8(6-11)5-7-3-2-4-9(7)10/h6-9H,2-5H2,1H3. The van der Waals surface area contributed by atoms with Gasteiger partial charge in [0.1, 0.15) is 6.29 Å². The Bertz CT molecular complexity index is 169. The predicted octanol–water partition coefficient (Wildman–Crippen LogP) is 1.06. The number of fused-ring (bicyclic) bond motifs is 1. The minimum absolute atomic E-state index is 0.227. The summed E-state index contributed by atoms with van der Waals surface area (Å²) >= 11 is 0. The van der Waals surface area contributed by atoms with Crippen molar-refractivity contribution < 1.29 is 4.79 Å². The van der Waals surface area contributed by atoms with Gasteiger partial charge in [-0.3, -0.25) is 4.90 Å². The highest BCUT2D eigenvalue weighted by atomic mass is 16.1. The molecule has 0 N–H and O–H groups in total. The van der Waals surface area contributed by atoms with E-state index in [0.29, 0.717) is 0 Å². The van der Waals surface area contributed by atoms with Crippen molar-refractivity contribution in [1.82, 2.24) is 4.90 Å².